The normalized spacial score (nSPS) is 9.95. The Morgan fingerprint density at radius 1 is 1.00 bits per heavy atom. The lowest BCUT2D eigenvalue weighted by Gasteiger charge is -2.10. The molecule has 0 fully saturated rings. The maximum absolute atomic E-state index is 12.4. The van der Waals surface area contributed by atoms with Gasteiger partial charge in [0.1, 0.15) is 11.5 Å². The van der Waals surface area contributed by atoms with Gasteiger partial charge in [-0.15, -0.1) is 0 Å². The van der Waals surface area contributed by atoms with Crippen molar-refractivity contribution in [3.05, 3.63) is 60.2 Å². The summed E-state index contributed by atoms with van der Waals surface area (Å²) in [6.07, 6.45) is 0. The number of benzene rings is 2. The molecule has 1 amide bonds. The molecule has 0 unspecified atom stereocenters. The Labute approximate surface area is 130 Å². The highest BCUT2D eigenvalue weighted by Gasteiger charge is 2.10. The van der Waals surface area contributed by atoms with Gasteiger partial charge in [0.25, 0.3) is 5.91 Å². The van der Waals surface area contributed by atoms with Gasteiger partial charge in [-0.25, -0.2) is 0 Å². The maximum atomic E-state index is 12.4. The van der Waals surface area contributed by atoms with Crippen molar-refractivity contribution in [3.63, 3.8) is 0 Å². The van der Waals surface area contributed by atoms with E-state index in [2.05, 4.69) is 11.9 Å². The number of rotatable bonds is 5. The van der Waals surface area contributed by atoms with Crippen LogP contribution in [-0.4, -0.2) is 20.1 Å². The number of ether oxygens (including phenoxy) is 2. The highest BCUT2D eigenvalue weighted by molar-refractivity contribution is 6.05. The summed E-state index contributed by atoms with van der Waals surface area (Å²) in [5, 5.41) is 2.86. The van der Waals surface area contributed by atoms with Gasteiger partial charge in [-0.05, 0) is 36.8 Å². The number of nitrogens with one attached hydrogen (secondary N) is 1. The number of carbonyl (C=O) groups is 1. The lowest BCUT2D eigenvalue weighted by atomic mass is 10.1. The van der Waals surface area contributed by atoms with E-state index in [1.807, 2.05) is 31.2 Å². The van der Waals surface area contributed by atoms with Gasteiger partial charge in [0.2, 0.25) is 0 Å². The third-order valence-corrected chi connectivity index (χ3v) is 3.23. The number of amides is 1. The van der Waals surface area contributed by atoms with E-state index in [0.717, 1.165) is 11.1 Å². The van der Waals surface area contributed by atoms with Crippen LogP contribution in [0.3, 0.4) is 0 Å². The van der Waals surface area contributed by atoms with E-state index in [9.17, 15) is 4.79 Å². The first kappa shape index (κ1) is 15.6. The van der Waals surface area contributed by atoms with E-state index in [-0.39, 0.29) is 5.91 Å². The summed E-state index contributed by atoms with van der Waals surface area (Å²) < 4.78 is 10.4. The van der Waals surface area contributed by atoms with Crippen molar-refractivity contribution < 1.29 is 14.3 Å². The Kier molecular flexibility index (Phi) is 4.84. The number of carbonyl (C=O) groups excluding carboxylic acids is 1. The van der Waals surface area contributed by atoms with Crippen LogP contribution in [0, 0.1) is 0 Å². The molecule has 0 bridgehead atoms. The highest BCUT2D eigenvalue weighted by Crippen LogP contribution is 2.24. The molecule has 2 aromatic carbocycles. The van der Waals surface area contributed by atoms with Gasteiger partial charge in [-0.2, -0.15) is 0 Å². The van der Waals surface area contributed by atoms with Gasteiger partial charge in [0.15, 0.2) is 0 Å². The Bertz CT molecular complexity index is 685. The number of hydrogen-bond acceptors (Lipinski definition) is 3. The molecule has 0 saturated heterocycles. The molecule has 0 saturated carbocycles. The summed E-state index contributed by atoms with van der Waals surface area (Å²) in [6.45, 7) is 5.83. The zero-order valence-electron chi connectivity index (χ0n) is 13.0. The Morgan fingerprint density at radius 3 is 2.18 bits per heavy atom. The lowest BCUT2D eigenvalue weighted by molar-refractivity contribution is 0.102. The van der Waals surface area contributed by atoms with Crippen molar-refractivity contribution >= 4 is 17.2 Å². The molecule has 0 aliphatic carbocycles. The summed E-state index contributed by atoms with van der Waals surface area (Å²) in [6, 6.07) is 12.6. The van der Waals surface area contributed by atoms with Crippen molar-refractivity contribution in [1.82, 2.24) is 0 Å². The average Bonchev–Trinajstić information content (AvgIpc) is 2.54. The maximum Gasteiger partial charge on any atom is 0.255 e. The molecular formula is C18H19NO3. The molecular weight excluding hydrogens is 278 g/mol. The molecule has 0 atom stereocenters. The fourth-order valence-corrected chi connectivity index (χ4v) is 2.00. The van der Waals surface area contributed by atoms with E-state index in [4.69, 9.17) is 9.47 Å². The summed E-state index contributed by atoms with van der Waals surface area (Å²) in [7, 11) is 3.10. The zero-order valence-corrected chi connectivity index (χ0v) is 13.0. The fourth-order valence-electron chi connectivity index (χ4n) is 2.00. The van der Waals surface area contributed by atoms with Gasteiger partial charge in [-0.1, -0.05) is 24.3 Å². The lowest BCUT2D eigenvalue weighted by Crippen LogP contribution is -2.12. The predicted molar refractivity (Wildman–Crippen MR) is 88.6 cm³/mol. The standard InChI is InChI=1S/C18H19NO3/c1-12(2)13-6-5-7-15(8-13)19-18(20)14-9-16(21-3)11-17(10-14)22-4/h5-11H,1H2,2-4H3,(H,19,20). The molecule has 0 aliphatic heterocycles. The topological polar surface area (TPSA) is 47.6 Å². The summed E-state index contributed by atoms with van der Waals surface area (Å²) in [5.41, 5.74) is 3.12. The van der Waals surface area contributed by atoms with Crippen LogP contribution in [0.1, 0.15) is 22.8 Å². The van der Waals surface area contributed by atoms with E-state index in [0.29, 0.717) is 22.7 Å². The Balaban J connectivity index is 2.25. The van der Waals surface area contributed by atoms with E-state index >= 15 is 0 Å². The average molecular weight is 297 g/mol. The third-order valence-electron chi connectivity index (χ3n) is 3.23. The number of hydrogen-bond donors (Lipinski definition) is 1. The second-order valence-corrected chi connectivity index (χ2v) is 4.92. The first-order chi connectivity index (χ1) is 10.5. The van der Waals surface area contributed by atoms with Crippen molar-refractivity contribution in [1.29, 1.82) is 0 Å². The van der Waals surface area contributed by atoms with Gasteiger partial charge in [0, 0.05) is 17.3 Å². The first-order valence-corrected chi connectivity index (χ1v) is 6.84. The van der Waals surface area contributed by atoms with Crippen LogP contribution in [-0.2, 0) is 0 Å². The van der Waals surface area contributed by atoms with Crippen LogP contribution in [0.5, 0.6) is 11.5 Å². The summed E-state index contributed by atoms with van der Waals surface area (Å²) in [5.74, 6) is 0.913. The van der Waals surface area contributed by atoms with Crippen molar-refractivity contribution in [2.45, 2.75) is 6.92 Å². The van der Waals surface area contributed by atoms with Crippen molar-refractivity contribution in [2.75, 3.05) is 19.5 Å². The van der Waals surface area contributed by atoms with Gasteiger partial charge >= 0.3 is 0 Å². The second kappa shape index (κ2) is 6.80. The molecule has 0 heterocycles. The third kappa shape index (κ3) is 3.67. The van der Waals surface area contributed by atoms with Gasteiger partial charge < -0.3 is 14.8 Å². The molecule has 0 radical (unpaired) electrons. The summed E-state index contributed by atoms with van der Waals surface area (Å²) >= 11 is 0. The Morgan fingerprint density at radius 2 is 1.64 bits per heavy atom. The van der Waals surface area contributed by atoms with Crippen LogP contribution in [0.2, 0.25) is 0 Å². The van der Waals surface area contributed by atoms with Crippen molar-refractivity contribution in [2.24, 2.45) is 0 Å². The molecule has 2 rings (SSSR count). The monoisotopic (exact) mass is 297 g/mol. The minimum absolute atomic E-state index is 0.226. The molecule has 4 nitrogen and oxygen atoms in total. The molecule has 114 valence electrons. The molecule has 1 N–H and O–H groups in total. The smallest absolute Gasteiger partial charge is 0.255 e. The fraction of sp³-hybridized carbons (Fsp3) is 0.167. The number of anilines is 1. The van der Waals surface area contributed by atoms with Crippen LogP contribution in [0.25, 0.3) is 5.57 Å². The van der Waals surface area contributed by atoms with E-state index < -0.39 is 0 Å². The second-order valence-electron chi connectivity index (χ2n) is 4.92. The molecule has 0 aliphatic rings. The quantitative estimate of drug-likeness (QED) is 0.907. The molecule has 2 aromatic rings. The first-order valence-electron chi connectivity index (χ1n) is 6.84. The molecule has 0 aromatic heterocycles. The highest BCUT2D eigenvalue weighted by atomic mass is 16.5. The van der Waals surface area contributed by atoms with Crippen LogP contribution in [0.4, 0.5) is 5.69 Å². The number of allylic oxidation sites excluding steroid dienone is 1. The summed E-state index contributed by atoms with van der Waals surface area (Å²) in [4.78, 5) is 12.4. The van der Waals surface area contributed by atoms with Gasteiger partial charge in [0.05, 0.1) is 14.2 Å². The van der Waals surface area contributed by atoms with E-state index in [1.54, 1.807) is 32.4 Å². The predicted octanol–water partition coefficient (Wildman–Crippen LogP) is 3.99. The Hall–Kier alpha value is -2.75. The largest absolute Gasteiger partial charge is 0.497 e. The van der Waals surface area contributed by atoms with Crippen LogP contribution < -0.4 is 14.8 Å². The molecule has 4 heteroatoms. The molecule has 22 heavy (non-hydrogen) atoms. The minimum atomic E-state index is -0.226. The number of methoxy groups -OCH3 is 2. The zero-order chi connectivity index (χ0) is 16.1. The van der Waals surface area contributed by atoms with Gasteiger partial charge in [-0.3, -0.25) is 4.79 Å². The minimum Gasteiger partial charge on any atom is -0.497 e. The van der Waals surface area contributed by atoms with Crippen LogP contribution in [0.15, 0.2) is 49.0 Å². The van der Waals surface area contributed by atoms with Crippen molar-refractivity contribution in [3.8, 4) is 11.5 Å². The van der Waals surface area contributed by atoms with Crippen LogP contribution >= 0.6 is 0 Å². The van der Waals surface area contributed by atoms with E-state index in [1.165, 1.54) is 0 Å². The SMILES string of the molecule is C=C(C)c1cccc(NC(=O)c2cc(OC)cc(OC)c2)c1. The molecule has 0 spiro atoms.